The smallest absolute Gasteiger partial charge is 0.317 e. The summed E-state index contributed by atoms with van der Waals surface area (Å²) in [6.45, 7) is 2.01. The van der Waals surface area contributed by atoms with Crippen LogP contribution in [-0.2, 0) is 11.2 Å². The first-order chi connectivity index (χ1) is 12.4. The zero-order valence-electron chi connectivity index (χ0n) is 13.6. The number of hydrogen-bond acceptors (Lipinski definition) is 6. The second-order valence-corrected chi connectivity index (χ2v) is 6.80. The lowest BCUT2D eigenvalue weighted by Crippen LogP contribution is -2.11. The first-order valence-corrected chi connectivity index (χ1v) is 8.84. The van der Waals surface area contributed by atoms with Crippen molar-refractivity contribution in [3.8, 4) is 16.3 Å². The Kier molecular flexibility index (Phi) is 5.29. The molecule has 1 aromatic heterocycles. The summed E-state index contributed by atoms with van der Waals surface area (Å²) in [4.78, 5) is 26.7. The molecule has 0 aliphatic carbocycles. The maximum absolute atomic E-state index is 12.1. The third-order valence-corrected chi connectivity index (χ3v) is 4.76. The summed E-state index contributed by atoms with van der Waals surface area (Å²) in [7, 11) is 0. The average molecular weight is 389 g/mol. The van der Waals surface area contributed by atoms with Crippen molar-refractivity contribution >= 4 is 34.6 Å². The van der Waals surface area contributed by atoms with Crippen molar-refractivity contribution in [3.63, 3.8) is 0 Å². The van der Waals surface area contributed by atoms with Crippen LogP contribution in [0.5, 0.6) is 5.75 Å². The van der Waals surface area contributed by atoms with Gasteiger partial charge < -0.3 is 4.74 Å². The number of aryl methyl sites for hydroxylation is 1. The molecule has 8 heteroatoms. The van der Waals surface area contributed by atoms with Crippen molar-refractivity contribution in [1.82, 2.24) is 4.98 Å². The van der Waals surface area contributed by atoms with Crippen molar-refractivity contribution in [3.05, 3.63) is 74.2 Å². The van der Waals surface area contributed by atoms with Gasteiger partial charge in [0.05, 0.1) is 22.1 Å². The van der Waals surface area contributed by atoms with Gasteiger partial charge >= 0.3 is 5.97 Å². The van der Waals surface area contributed by atoms with Gasteiger partial charge in [0.2, 0.25) is 0 Å². The maximum Gasteiger partial charge on any atom is 0.317 e. The minimum Gasteiger partial charge on any atom is -0.425 e. The number of ether oxygens (including phenoxy) is 1. The second kappa shape index (κ2) is 7.63. The molecule has 0 spiro atoms. The zero-order valence-corrected chi connectivity index (χ0v) is 15.2. The molecule has 6 nitrogen and oxygen atoms in total. The van der Waals surface area contributed by atoms with E-state index in [0.29, 0.717) is 5.69 Å². The predicted molar refractivity (Wildman–Crippen MR) is 99.7 cm³/mol. The molecule has 0 aliphatic heterocycles. The molecule has 0 aliphatic rings. The number of esters is 1. The Bertz CT molecular complexity index is 970. The van der Waals surface area contributed by atoms with Crippen molar-refractivity contribution in [2.45, 2.75) is 13.3 Å². The van der Waals surface area contributed by atoms with Gasteiger partial charge in [-0.1, -0.05) is 41.4 Å². The number of nitro groups is 1. The average Bonchev–Trinajstić information content (AvgIpc) is 3.05. The van der Waals surface area contributed by atoms with Crippen LogP contribution in [0.15, 0.2) is 47.8 Å². The van der Waals surface area contributed by atoms with Crippen LogP contribution in [0.2, 0.25) is 5.02 Å². The van der Waals surface area contributed by atoms with Gasteiger partial charge in [-0.15, -0.1) is 11.3 Å². The van der Waals surface area contributed by atoms with E-state index in [9.17, 15) is 14.9 Å². The Morgan fingerprint density at radius 3 is 2.65 bits per heavy atom. The molecule has 0 N–H and O–H groups in total. The number of carbonyl (C=O) groups excluding carboxylic acids is 1. The van der Waals surface area contributed by atoms with E-state index in [4.69, 9.17) is 16.3 Å². The van der Waals surface area contributed by atoms with E-state index in [2.05, 4.69) is 4.98 Å². The number of hydrogen-bond donors (Lipinski definition) is 0. The molecule has 0 atom stereocenters. The van der Waals surface area contributed by atoms with Crippen molar-refractivity contribution in [1.29, 1.82) is 0 Å². The lowest BCUT2D eigenvalue weighted by Gasteiger charge is -2.05. The lowest BCUT2D eigenvalue weighted by atomic mass is 10.2. The van der Waals surface area contributed by atoms with E-state index in [0.717, 1.165) is 22.2 Å². The summed E-state index contributed by atoms with van der Waals surface area (Å²) in [5.74, 6) is -0.460. The number of nitrogens with zero attached hydrogens (tertiary/aromatic N) is 2. The van der Waals surface area contributed by atoms with Crippen molar-refractivity contribution in [2.75, 3.05) is 0 Å². The molecule has 0 amide bonds. The molecule has 132 valence electrons. The van der Waals surface area contributed by atoms with Crippen molar-refractivity contribution in [2.24, 2.45) is 0 Å². The van der Waals surface area contributed by atoms with E-state index >= 15 is 0 Å². The van der Waals surface area contributed by atoms with Gasteiger partial charge in [0, 0.05) is 23.1 Å². The van der Waals surface area contributed by atoms with Gasteiger partial charge in [0.1, 0.15) is 10.8 Å². The molecule has 0 fully saturated rings. The third kappa shape index (κ3) is 4.25. The number of aromatic nitrogens is 1. The lowest BCUT2D eigenvalue weighted by molar-refractivity contribution is -0.384. The highest BCUT2D eigenvalue weighted by molar-refractivity contribution is 7.13. The molecule has 0 saturated carbocycles. The van der Waals surface area contributed by atoms with E-state index in [1.165, 1.54) is 23.5 Å². The molecule has 26 heavy (non-hydrogen) atoms. The summed E-state index contributed by atoms with van der Waals surface area (Å²) in [6, 6.07) is 11.6. The number of thiazole rings is 1. The Hall–Kier alpha value is -2.77. The van der Waals surface area contributed by atoms with Crippen LogP contribution in [-0.4, -0.2) is 15.9 Å². The maximum atomic E-state index is 12.1. The number of rotatable bonds is 5. The molecule has 1 heterocycles. The fraction of sp³-hybridized carbons (Fsp3) is 0.111. The highest BCUT2D eigenvalue weighted by Gasteiger charge is 2.15. The first kappa shape index (κ1) is 18.0. The molecule has 0 unspecified atom stereocenters. The number of halogens is 1. The van der Waals surface area contributed by atoms with E-state index in [1.54, 1.807) is 5.38 Å². The zero-order chi connectivity index (χ0) is 18.7. The Labute approximate surface area is 158 Å². The Balaban J connectivity index is 1.67. The first-order valence-electron chi connectivity index (χ1n) is 7.58. The van der Waals surface area contributed by atoms with Crippen LogP contribution in [0.4, 0.5) is 5.69 Å². The van der Waals surface area contributed by atoms with Gasteiger partial charge in [-0.2, -0.15) is 0 Å². The summed E-state index contributed by atoms with van der Waals surface area (Å²) in [5.41, 5.74) is 2.57. The van der Waals surface area contributed by atoms with Crippen LogP contribution in [0.25, 0.3) is 10.6 Å². The highest BCUT2D eigenvalue weighted by Crippen LogP contribution is 2.29. The third-order valence-electron chi connectivity index (χ3n) is 3.53. The van der Waals surface area contributed by atoms with E-state index in [1.807, 2.05) is 31.2 Å². The molecular weight excluding hydrogens is 376 g/mol. The summed E-state index contributed by atoms with van der Waals surface area (Å²) in [5, 5.41) is 13.3. The number of benzene rings is 2. The predicted octanol–water partition coefficient (Wildman–Crippen LogP) is 4.83. The van der Waals surface area contributed by atoms with Gasteiger partial charge in [-0.3, -0.25) is 14.9 Å². The van der Waals surface area contributed by atoms with E-state index in [-0.39, 0.29) is 22.9 Å². The molecule has 0 bridgehead atoms. The minimum atomic E-state index is -0.570. The SMILES string of the molecule is Cc1ccc(-c2nc(CC(=O)Oc3ccc([N+](=O)[O-])cc3Cl)cs2)cc1. The molecule has 3 aromatic rings. The molecule has 3 rings (SSSR count). The monoisotopic (exact) mass is 388 g/mol. The Morgan fingerprint density at radius 2 is 2.00 bits per heavy atom. The summed E-state index contributed by atoms with van der Waals surface area (Å²) >= 11 is 7.37. The number of non-ortho nitro benzene ring substituents is 1. The number of carbonyl (C=O) groups is 1. The van der Waals surface area contributed by atoms with Gasteiger partial charge in [-0.25, -0.2) is 4.98 Å². The largest absolute Gasteiger partial charge is 0.425 e. The topological polar surface area (TPSA) is 82.3 Å². The van der Waals surface area contributed by atoms with Gasteiger partial charge in [-0.05, 0) is 13.0 Å². The summed E-state index contributed by atoms with van der Waals surface area (Å²) in [6.07, 6.45) is -0.0182. The van der Waals surface area contributed by atoms with Crippen molar-refractivity contribution < 1.29 is 14.5 Å². The summed E-state index contributed by atoms with van der Waals surface area (Å²) < 4.78 is 5.19. The quantitative estimate of drug-likeness (QED) is 0.270. The van der Waals surface area contributed by atoms with Crippen LogP contribution < -0.4 is 4.74 Å². The fourth-order valence-electron chi connectivity index (χ4n) is 2.21. The molecule has 0 saturated heterocycles. The normalized spacial score (nSPS) is 10.5. The van der Waals surface area contributed by atoms with Gasteiger partial charge in [0.15, 0.2) is 0 Å². The standard InChI is InChI=1S/C18H13ClN2O4S/c1-11-2-4-12(5-3-11)18-20-13(10-26-18)8-17(22)25-16-7-6-14(21(23)24)9-15(16)19/h2-7,9-10H,8H2,1H3. The van der Waals surface area contributed by atoms with Crippen LogP contribution in [0, 0.1) is 17.0 Å². The number of nitro benzene ring substituents is 1. The van der Waals surface area contributed by atoms with Crippen LogP contribution in [0.3, 0.4) is 0 Å². The molecular formula is C18H13ClN2O4S. The second-order valence-electron chi connectivity index (χ2n) is 5.53. The van der Waals surface area contributed by atoms with Gasteiger partial charge in [0.25, 0.3) is 5.69 Å². The fourth-order valence-corrected chi connectivity index (χ4v) is 3.25. The molecule has 0 radical (unpaired) electrons. The van der Waals surface area contributed by atoms with Crippen LogP contribution >= 0.6 is 22.9 Å². The molecule has 2 aromatic carbocycles. The van der Waals surface area contributed by atoms with E-state index < -0.39 is 10.9 Å². The Morgan fingerprint density at radius 1 is 1.27 bits per heavy atom. The minimum absolute atomic E-state index is 0.00572. The van der Waals surface area contributed by atoms with Crippen LogP contribution in [0.1, 0.15) is 11.3 Å². The highest BCUT2D eigenvalue weighted by atomic mass is 35.5.